The Morgan fingerprint density at radius 2 is 1.76 bits per heavy atom. The molecule has 1 aromatic heterocycles. The highest BCUT2D eigenvalue weighted by Gasteiger charge is 2.15. The topological polar surface area (TPSA) is 54.9 Å². The number of carbonyl (C=O) groups excluding carboxylic acids is 1. The zero-order valence-electron chi connectivity index (χ0n) is 12.5. The molecule has 0 radical (unpaired) electrons. The predicted octanol–water partition coefficient (Wildman–Crippen LogP) is 4.81. The van der Waals surface area contributed by atoms with Gasteiger partial charge in [-0.3, -0.25) is 4.79 Å². The molecule has 3 rings (SSSR count). The SMILES string of the molecule is O=C(Nc1ccccc1)c1nnc(/C(Cl)=C\c2cccc(F)c2F)s1. The molecule has 0 spiro atoms. The van der Waals surface area contributed by atoms with Crippen molar-refractivity contribution in [1.82, 2.24) is 10.2 Å². The molecule has 2 aromatic carbocycles. The van der Waals surface area contributed by atoms with Gasteiger partial charge in [-0.15, -0.1) is 10.2 Å². The Balaban J connectivity index is 1.79. The van der Waals surface area contributed by atoms with E-state index in [1.54, 1.807) is 24.3 Å². The average Bonchev–Trinajstić information content (AvgIpc) is 3.10. The van der Waals surface area contributed by atoms with Crippen LogP contribution >= 0.6 is 22.9 Å². The summed E-state index contributed by atoms with van der Waals surface area (Å²) >= 11 is 7.04. The normalized spacial score (nSPS) is 11.4. The van der Waals surface area contributed by atoms with Gasteiger partial charge in [-0.1, -0.05) is 53.3 Å². The molecule has 0 bridgehead atoms. The molecule has 1 N–H and O–H groups in total. The number of benzene rings is 2. The van der Waals surface area contributed by atoms with Gasteiger partial charge in [0.15, 0.2) is 16.6 Å². The summed E-state index contributed by atoms with van der Waals surface area (Å²) in [5, 5.41) is 10.7. The van der Waals surface area contributed by atoms with Crippen LogP contribution in [0.2, 0.25) is 0 Å². The molecule has 0 unspecified atom stereocenters. The van der Waals surface area contributed by atoms with Gasteiger partial charge in [0.05, 0.1) is 5.03 Å². The van der Waals surface area contributed by atoms with E-state index in [1.807, 2.05) is 6.07 Å². The monoisotopic (exact) mass is 377 g/mol. The minimum Gasteiger partial charge on any atom is -0.320 e. The lowest BCUT2D eigenvalue weighted by molar-refractivity contribution is 0.102. The van der Waals surface area contributed by atoms with Crippen molar-refractivity contribution in [1.29, 1.82) is 0 Å². The van der Waals surface area contributed by atoms with Crippen molar-refractivity contribution in [3.05, 3.63) is 75.7 Å². The van der Waals surface area contributed by atoms with E-state index < -0.39 is 17.5 Å². The van der Waals surface area contributed by atoms with Crippen molar-refractivity contribution >= 4 is 45.6 Å². The maximum Gasteiger partial charge on any atom is 0.286 e. The predicted molar refractivity (Wildman–Crippen MR) is 94.4 cm³/mol. The summed E-state index contributed by atoms with van der Waals surface area (Å²) in [5.41, 5.74) is 0.600. The fraction of sp³-hybridized carbons (Fsp3) is 0. The Morgan fingerprint density at radius 1 is 1.04 bits per heavy atom. The van der Waals surface area contributed by atoms with E-state index in [4.69, 9.17) is 11.6 Å². The molecule has 1 amide bonds. The molecular weight excluding hydrogens is 368 g/mol. The van der Waals surface area contributed by atoms with Crippen molar-refractivity contribution in [2.75, 3.05) is 5.32 Å². The lowest BCUT2D eigenvalue weighted by Crippen LogP contribution is -2.11. The average molecular weight is 378 g/mol. The first-order valence-electron chi connectivity index (χ1n) is 7.06. The highest BCUT2D eigenvalue weighted by atomic mass is 35.5. The quantitative estimate of drug-likeness (QED) is 0.710. The summed E-state index contributed by atoms with van der Waals surface area (Å²) in [4.78, 5) is 12.1. The number of nitrogens with zero attached hydrogens (tertiary/aromatic N) is 2. The van der Waals surface area contributed by atoms with Crippen LogP contribution in [0.15, 0.2) is 48.5 Å². The van der Waals surface area contributed by atoms with Gasteiger partial charge in [0.2, 0.25) is 5.01 Å². The summed E-state index contributed by atoms with van der Waals surface area (Å²) in [6.07, 6.45) is 1.24. The Labute approximate surface area is 150 Å². The van der Waals surface area contributed by atoms with Crippen molar-refractivity contribution in [2.24, 2.45) is 0 Å². The van der Waals surface area contributed by atoms with Crippen molar-refractivity contribution in [2.45, 2.75) is 0 Å². The molecule has 1 heterocycles. The minimum atomic E-state index is -1.01. The summed E-state index contributed by atoms with van der Waals surface area (Å²) < 4.78 is 26.9. The van der Waals surface area contributed by atoms with Crippen LogP contribution in [-0.2, 0) is 0 Å². The number of hydrogen-bond donors (Lipinski definition) is 1. The van der Waals surface area contributed by atoms with Gasteiger partial charge in [0.1, 0.15) is 0 Å². The zero-order valence-corrected chi connectivity index (χ0v) is 14.1. The molecule has 0 fully saturated rings. The maximum atomic E-state index is 13.7. The molecule has 0 aliphatic heterocycles. The lowest BCUT2D eigenvalue weighted by Gasteiger charge is -2.00. The van der Waals surface area contributed by atoms with Crippen molar-refractivity contribution in [3.63, 3.8) is 0 Å². The van der Waals surface area contributed by atoms with E-state index in [-0.39, 0.29) is 20.6 Å². The third-order valence-corrected chi connectivity index (χ3v) is 4.47. The molecule has 126 valence electrons. The lowest BCUT2D eigenvalue weighted by atomic mass is 10.2. The number of aromatic nitrogens is 2. The fourth-order valence-electron chi connectivity index (χ4n) is 1.95. The maximum absolute atomic E-state index is 13.7. The molecule has 0 saturated carbocycles. The largest absolute Gasteiger partial charge is 0.320 e. The molecule has 4 nitrogen and oxygen atoms in total. The van der Waals surface area contributed by atoms with Crippen LogP contribution < -0.4 is 5.32 Å². The second kappa shape index (κ2) is 7.50. The van der Waals surface area contributed by atoms with E-state index in [0.717, 1.165) is 17.4 Å². The molecule has 0 atom stereocenters. The van der Waals surface area contributed by atoms with Crippen LogP contribution in [0.4, 0.5) is 14.5 Å². The Morgan fingerprint density at radius 3 is 2.52 bits per heavy atom. The van der Waals surface area contributed by atoms with Crippen molar-refractivity contribution in [3.8, 4) is 0 Å². The first-order valence-corrected chi connectivity index (χ1v) is 8.25. The van der Waals surface area contributed by atoms with Crippen LogP contribution in [0, 0.1) is 11.6 Å². The number of amides is 1. The molecule has 0 aliphatic carbocycles. The van der Waals surface area contributed by atoms with E-state index in [0.29, 0.717) is 5.69 Å². The number of rotatable bonds is 4. The van der Waals surface area contributed by atoms with Gasteiger partial charge in [-0.2, -0.15) is 0 Å². The number of carbonyl (C=O) groups is 1. The van der Waals surface area contributed by atoms with Gasteiger partial charge >= 0.3 is 0 Å². The second-order valence-electron chi connectivity index (χ2n) is 4.87. The van der Waals surface area contributed by atoms with Gasteiger partial charge in [0.25, 0.3) is 5.91 Å². The smallest absolute Gasteiger partial charge is 0.286 e. The Bertz CT molecular complexity index is 944. The van der Waals surface area contributed by atoms with E-state index in [1.165, 1.54) is 18.2 Å². The van der Waals surface area contributed by atoms with Crippen LogP contribution in [0.1, 0.15) is 20.4 Å². The van der Waals surface area contributed by atoms with Crippen LogP contribution in [0.25, 0.3) is 11.1 Å². The molecule has 8 heteroatoms. The Hall–Kier alpha value is -2.64. The standard InChI is InChI=1S/C17H10ClF2N3OS/c18-12(9-10-5-4-8-13(19)14(10)20)16-22-23-17(25-16)15(24)21-11-6-2-1-3-7-11/h1-9H,(H,21,24)/b12-9+. The van der Waals surface area contributed by atoms with Gasteiger partial charge in [-0.25, -0.2) is 8.78 Å². The number of hydrogen-bond acceptors (Lipinski definition) is 4. The summed E-state index contributed by atoms with van der Waals surface area (Å²) in [6, 6.07) is 12.6. The van der Waals surface area contributed by atoms with Gasteiger partial charge in [-0.05, 0) is 24.3 Å². The van der Waals surface area contributed by atoms with Crippen LogP contribution in [0.5, 0.6) is 0 Å². The second-order valence-corrected chi connectivity index (χ2v) is 6.25. The van der Waals surface area contributed by atoms with E-state index in [9.17, 15) is 13.6 Å². The number of anilines is 1. The fourth-order valence-corrected chi connectivity index (χ4v) is 2.87. The zero-order chi connectivity index (χ0) is 17.8. The number of para-hydroxylation sites is 1. The third kappa shape index (κ3) is 4.07. The molecule has 0 saturated heterocycles. The number of halogens is 3. The van der Waals surface area contributed by atoms with E-state index in [2.05, 4.69) is 15.5 Å². The molecule has 25 heavy (non-hydrogen) atoms. The van der Waals surface area contributed by atoms with Crippen LogP contribution in [0.3, 0.4) is 0 Å². The van der Waals surface area contributed by atoms with E-state index >= 15 is 0 Å². The molecule has 3 aromatic rings. The minimum absolute atomic E-state index is 0.0181. The molecule has 0 aliphatic rings. The van der Waals surface area contributed by atoms with Crippen molar-refractivity contribution < 1.29 is 13.6 Å². The van der Waals surface area contributed by atoms with Gasteiger partial charge in [0, 0.05) is 11.3 Å². The number of nitrogens with one attached hydrogen (secondary N) is 1. The first kappa shape index (κ1) is 17.2. The third-order valence-electron chi connectivity index (χ3n) is 3.12. The summed E-state index contributed by atoms with van der Waals surface area (Å²) in [7, 11) is 0. The Kier molecular flexibility index (Phi) is 5.16. The van der Waals surface area contributed by atoms with Gasteiger partial charge < -0.3 is 5.32 Å². The summed E-state index contributed by atoms with van der Waals surface area (Å²) in [6.45, 7) is 0. The van der Waals surface area contributed by atoms with Crippen LogP contribution in [-0.4, -0.2) is 16.1 Å². The summed E-state index contributed by atoms with van der Waals surface area (Å²) in [5.74, 6) is -2.41. The highest BCUT2D eigenvalue weighted by Crippen LogP contribution is 2.27. The molecular formula is C17H10ClF2N3OS. The highest BCUT2D eigenvalue weighted by molar-refractivity contribution is 7.15. The first-order chi connectivity index (χ1) is 12.0.